The van der Waals surface area contributed by atoms with E-state index in [1.807, 2.05) is 12.1 Å². The van der Waals surface area contributed by atoms with Crippen LogP contribution < -0.4 is 5.32 Å². The Kier molecular flexibility index (Phi) is 3.94. The van der Waals surface area contributed by atoms with Gasteiger partial charge >= 0.3 is 0 Å². The molecule has 0 bridgehead atoms. The Balaban J connectivity index is 1.61. The molecule has 1 spiro atoms. The lowest BCUT2D eigenvalue weighted by molar-refractivity contribution is -0.150. The van der Waals surface area contributed by atoms with Gasteiger partial charge in [-0.2, -0.15) is 0 Å². The Hall–Kier alpha value is -0.800. The predicted molar refractivity (Wildman–Crippen MR) is 74.9 cm³/mol. The summed E-state index contributed by atoms with van der Waals surface area (Å²) >= 11 is 0. The van der Waals surface area contributed by atoms with Crippen LogP contribution in [0.1, 0.15) is 51.2 Å². The molecule has 2 unspecified atom stereocenters. The number of rotatable bonds is 5. The molecule has 3 heteroatoms. The van der Waals surface area contributed by atoms with Crippen molar-refractivity contribution in [2.45, 2.75) is 64.1 Å². The molecule has 1 N–H and O–H groups in total. The third-order valence-electron chi connectivity index (χ3n) is 5.04. The first-order chi connectivity index (χ1) is 9.35. The summed E-state index contributed by atoms with van der Waals surface area (Å²) in [6, 6.07) is 4.60. The molecule has 0 aliphatic heterocycles. The second kappa shape index (κ2) is 5.68. The molecular formula is C16H25NO2. The fraction of sp³-hybridized carbons (Fsp3) is 0.750. The molecule has 0 saturated heterocycles. The van der Waals surface area contributed by atoms with Crippen LogP contribution in [0.2, 0.25) is 0 Å². The average molecular weight is 263 g/mol. The van der Waals surface area contributed by atoms with Gasteiger partial charge in [0.25, 0.3) is 0 Å². The number of hydrogen-bond donors (Lipinski definition) is 1. The SMILES string of the molecule is CCOC1CC(NCc2ccco2)C12CCCCC2. The molecule has 3 rings (SSSR count). The summed E-state index contributed by atoms with van der Waals surface area (Å²) in [5.74, 6) is 1.03. The quantitative estimate of drug-likeness (QED) is 0.883. The molecule has 2 saturated carbocycles. The van der Waals surface area contributed by atoms with Gasteiger partial charge in [0.05, 0.1) is 18.9 Å². The van der Waals surface area contributed by atoms with Gasteiger partial charge in [0.15, 0.2) is 0 Å². The van der Waals surface area contributed by atoms with Crippen LogP contribution in [0.25, 0.3) is 0 Å². The van der Waals surface area contributed by atoms with E-state index in [-0.39, 0.29) is 0 Å². The molecule has 19 heavy (non-hydrogen) atoms. The number of hydrogen-bond acceptors (Lipinski definition) is 3. The topological polar surface area (TPSA) is 34.4 Å². The summed E-state index contributed by atoms with van der Waals surface area (Å²) in [5, 5.41) is 3.70. The molecule has 2 atom stereocenters. The zero-order valence-corrected chi connectivity index (χ0v) is 11.9. The average Bonchev–Trinajstić information content (AvgIpc) is 2.96. The second-order valence-corrected chi connectivity index (χ2v) is 5.99. The van der Waals surface area contributed by atoms with Gasteiger partial charge in [-0.1, -0.05) is 19.3 Å². The van der Waals surface area contributed by atoms with Crippen molar-refractivity contribution in [3.05, 3.63) is 24.2 Å². The van der Waals surface area contributed by atoms with Crippen molar-refractivity contribution < 1.29 is 9.15 Å². The van der Waals surface area contributed by atoms with Crippen molar-refractivity contribution in [3.8, 4) is 0 Å². The van der Waals surface area contributed by atoms with E-state index < -0.39 is 0 Å². The molecule has 2 aliphatic rings. The van der Waals surface area contributed by atoms with Crippen LogP contribution in [-0.2, 0) is 11.3 Å². The Morgan fingerprint density at radius 3 is 2.89 bits per heavy atom. The van der Waals surface area contributed by atoms with Crippen LogP contribution in [0.15, 0.2) is 22.8 Å². The zero-order valence-electron chi connectivity index (χ0n) is 11.9. The summed E-state index contributed by atoms with van der Waals surface area (Å²) in [7, 11) is 0. The van der Waals surface area contributed by atoms with E-state index in [4.69, 9.17) is 9.15 Å². The van der Waals surface area contributed by atoms with Crippen molar-refractivity contribution in [2.75, 3.05) is 6.61 Å². The Labute approximate surface area is 115 Å². The van der Waals surface area contributed by atoms with Gasteiger partial charge in [0.2, 0.25) is 0 Å². The highest BCUT2D eigenvalue weighted by molar-refractivity contribution is 5.10. The standard InChI is InChI=1S/C16H25NO2/c1-2-18-15-11-14(16(15)8-4-3-5-9-16)17-12-13-7-6-10-19-13/h6-7,10,14-15,17H,2-5,8-9,11-12H2,1H3. The minimum Gasteiger partial charge on any atom is -0.468 e. The van der Waals surface area contributed by atoms with Gasteiger partial charge < -0.3 is 14.5 Å². The molecule has 0 radical (unpaired) electrons. The van der Waals surface area contributed by atoms with E-state index in [2.05, 4.69) is 12.2 Å². The van der Waals surface area contributed by atoms with Gasteiger partial charge in [0.1, 0.15) is 5.76 Å². The van der Waals surface area contributed by atoms with Crippen molar-refractivity contribution >= 4 is 0 Å². The minimum absolute atomic E-state index is 0.404. The molecule has 2 fully saturated rings. The summed E-state index contributed by atoms with van der Waals surface area (Å²) in [5.41, 5.74) is 0.404. The van der Waals surface area contributed by atoms with Gasteiger partial charge in [0, 0.05) is 18.1 Å². The van der Waals surface area contributed by atoms with E-state index >= 15 is 0 Å². The molecule has 1 aromatic heterocycles. The molecule has 3 nitrogen and oxygen atoms in total. The molecule has 1 aromatic rings. The maximum Gasteiger partial charge on any atom is 0.117 e. The lowest BCUT2D eigenvalue weighted by Crippen LogP contribution is -2.64. The van der Waals surface area contributed by atoms with Crippen LogP contribution in [0.5, 0.6) is 0 Å². The Morgan fingerprint density at radius 1 is 1.37 bits per heavy atom. The highest BCUT2D eigenvalue weighted by Gasteiger charge is 2.55. The normalized spacial score (nSPS) is 29.3. The van der Waals surface area contributed by atoms with Crippen LogP contribution in [0.4, 0.5) is 0 Å². The lowest BCUT2D eigenvalue weighted by Gasteiger charge is -2.58. The molecule has 1 heterocycles. The van der Waals surface area contributed by atoms with Crippen LogP contribution >= 0.6 is 0 Å². The molecular weight excluding hydrogens is 238 g/mol. The first-order valence-corrected chi connectivity index (χ1v) is 7.72. The van der Waals surface area contributed by atoms with Crippen LogP contribution in [0, 0.1) is 5.41 Å². The number of furan rings is 1. The van der Waals surface area contributed by atoms with Gasteiger partial charge in [-0.3, -0.25) is 0 Å². The van der Waals surface area contributed by atoms with Crippen LogP contribution in [-0.4, -0.2) is 18.8 Å². The summed E-state index contributed by atoms with van der Waals surface area (Å²) in [6.45, 7) is 3.80. The lowest BCUT2D eigenvalue weighted by atomic mass is 9.55. The first kappa shape index (κ1) is 13.2. The maximum atomic E-state index is 5.97. The van der Waals surface area contributed by atoms with E-state index in [0.29, 0.717) is 17.6 Å². The van der Waals surface area contributed by atoms with Crippen molar-refractivity contribution in [1.29, 1.82) is 0 Å². The summed E-state index contributed by atoms with van der Waals surface area (Å²) in [4.78, 5) is 0. The van der Waals surface area contributed by atoms with E-state index in [0.717, 1.165) is 25.3 Å². The molecule has 0 aromatic carbocycles. The minimum atomic E-state index is 0.404. The number of ether oxygens (including phenoxy) is 1. The molecule has 0 amide bonds. The largest absolute Gasteiger partial charge is 0.468 e. The smallest absolute Gasteiger partial charge is 0.117 e. The van der Waals surface area contributed by atoms with Gasteiger partial charge in [-0.25, -0.2) is 0 Å². The fourth-order valence-corrected chi connectivity index (χ4v) is 3.99. The van der Waals surface area contributed by atoms with E-state index in [9.17, 15) is 0 Å². The molecule has 106 valence electrons. The maximum absolute atomic E-state index is 5.97. The van der Waals surface area contributed by atoms with Crippen molar-refractivity contribution in [2.24, 2.45) is 5.41 Å². The fourth-order valence-electron chi connectivity index (χ4n) is 3.99. The van der Waals surface area contributed by atoms with E-state index in [1.165, 1.54) is 32.1 Å². The van der Waals surface area contributed by atoms with E-state index in [1.54, 1.807) is 6.26 Å². The van der Waals surface area contributed by atoms with Crippen molar-refractivity contribution in [3.63, 3.8) is 0 Å². The summed E-state index contributed by atoms with van der Waals surface area (Å²) in [6.07, 6.45) is 10.2. The van der Waals surface area contributed by atoms with Gasteiger partial charge in [-0.05, 0) is 38.3 Å². The van der Waals surface area contributed by atoms with Crippen molar-refractivity contribution in [1.82, 2.24) is 5.32 Å². The third-order valence-corrected chi connectivity index (χ3v) is 5.04. The monoisotopic (exact) mass is 263 g/mol. The molecule has 2 aliphatic carbocycles. The Morgan fingerprint density at radius 2 is 2.21 bits per heavy atom. The first-order valence-electron chi connectivity index (χ1n) is 7.72. The number of nitrogens with one attached hydrogen (secondary N) is 1. The highest BCUT2D eigenvalue weighted by Crippen LogP contribution is 2.53. The third kappa shape index (κ3) is 2.46. The zero-order chi connectivity index (χ0) is 13.1. The van der Waals surface area contributed by atoms with Gasteiger partial charge in [-0.15, -0.1) is 0 Å². The highest BCUT2D eigenvalue weighted by atomic mass is 16.5. The summed E-state index contributed by atoms with van der Waals surface area (Å²) < 4.78 is 11.4. The second-order valence-electron chi connectivity index (χ2n) is 5.99. The predicted octanol–water partition coefficient (Wildman–Crippen LogP) is 3.50. The Bertz CT molecular complexity index is 381. The van der Waals surface area contributed by atoms with Crippen LogP contribution in [0.3, 0.4) is 0 Å².